The number of aryl methyl sites for hydroxylation is 2. The second-order valence-corrected chi connectivity index (χ2v) is 8.17. The molecule has 0 aromatic carbocycles. The van der Waals surface area contributed by atoms with Crippen molar-refractivity contribution in [2.45, 2.75) is 37.4 Å². The number of imidazole rings is 1. The Bertz CT molecular complexity index is 1030. The van der Waals surface area contributed by atoms with Crippen LogP contribution < -0.4 is 5.56 Å². The number of carbonyl (C=O) groups is 1. The van der Waals surface area contributed by atoms with Gasteiger partial charge in [-0.15, -0.1) is 17.9 Å². The lowest BCUT2D eigenvalue weighted by Crippen LogP contribution is -2.23. The smallest absolute Gasteiger partial charge is 0.263 e. The van der Waals surface area contributed by atoms with Crippen molar-refractivity contribution in [2.75, 3.05) is 5.75 Å². The first-order chi connectivity index (χ1) is 12.7. The van der Waals surface area contributed by atoms with E-state index in [1.807, 2.05) is 0 Å². The van der Waals surface area contributed by atoms with Gasteiger partial charge in [-0.2, -0.15) is 0 Å². The van der Waals surface area contributed by atoms with Crippen molar-refractivity contribution in [1.82, 2.24) is 19.5 Å². The zero-order chi connectivity index (χ0) is 18.1. The van der Waals surface area contributed by atoms with Crippen LogP contribution in [0.5, 0.6) is 0 Å². The summed E-state index contributed by atoms with van der Waals surface area (Å²) in [4.78, 5) is 38.9. The average Bonchev–Trinajstić information content (AvgIpc) is 3.29. The lowest BCUT2D eigenvalue weighted by atomic mass is 9.97. The van der Waals surface area contributed by atoms with Gasteiger partial charge in [0.1, 0.15) is 4.83 Å². The number of thiophene rings is 1. The quantitative estimate of drug-likeness (QED) is 0.304. The van der Waals surface area contributed by atoms with Gasteiger partial charge in [-0.05, 0) is 31.2 Å². The van der Waals surface area contributed by atoms with Crippen LogP contribution in [0.15, 0.2) is 35.0 Å². The number of hydrogen-bond acceptors (Lipinski definition) is 6. The Kier molecular flexibility index (Phi) is 4.78. The molecule has 0 unspecified atom stereocenters. The number of Topliss-reactive ketones (excluding diaryl/α,β-unsaturated/α-hetero) is 1. The van der Waals surface area contributed by atoms with Crippen molar-refractivity contribution >= 4 is 39.1 Å². The van der Waals surface area contributed by atoms with Gasteiger partial charge in [0.15, 0.2) is 11.0 Å². The van der Waals surface area contributed by atoms with Crippen LogP contribution in [0.3, 0.4) is 0 Å². The molecule has 8 heteroatoms. The first kappa shape index (κ1) is 17.2. The van der Waals surface area contributed by atoms with Crippen molar-refractivity contribution in [3.05, 3.63) is 51.7 Å². The first-order valence-electron chi connectivity index (χ1n) is 8.50. The third kappa shape index (κ3) is 3.03. The van der Waals surface area contributed by atoms with Crippen molar-refractivity contribution in [2.24, 2.45) is 0 Å². The Balaban J connectivity index is 1.73. The van der Waals surface area contributed by atoms with E-state index in [2.05, 4.69) is 16.5 Å². The zero-order valence-electron chi connectivity index (χ0n) is 14.2. The van der Waals surface area contributed by atoms with Gasteiger partial charge >= 0.3 is 0 Å². The molecule has 134 valence electrons. The summed E-state index contributed by atoms with van der Waals surface area (Å²) in [7, 11) is 0. The maximum absolute atomic E-state index is 13.1. The molecular weight excluding hydrogens is 368 g/mol. The molecule has 3 heterocycles. The number of H-pyrrole nitrogens is 1. The maximum Gasteiger partial charge on any atom is 0.263 e. The van der Waals surface area contributed by atoms with E-state index in [-0.39, 0.29) is 17.1 Å². The number of hydrogen-bond donors (Lipinski definition) is 1. The average molecular weight is 387 g/mol. The summed E-state index contributed by atoms with van der Waals surface area (Å²) in [6, 6.07) is 0. The predicted octanol–water partition coefficient (Wildman–Crippen LogP) is 3.22. The number of rotatable bonds is 6. The van der Waals surface area contributed by atoms with Crippen LogP contribution in [0.4, 0.5) is 0 Å². The van der Waals surface area contributed by atoms with Gasteiger partial charge in [0, 0.05) is 23.8 Å². The van der Waals surface area contributed by atoms with E-state index < -0.39 is 0 Å². The molecule has 1 N–H and O–H groups in total. The minimum Gasteiger partial charge on any atom is -0.342 e. The maximum atomic E-state index is 13.1. The van der Waals surface area contributed by atoms with Gasteiger partial charge in [0.05, 0.1) is 11.1 Å². The summed E-state index contributed by atoms with van der Waals surface area (Å²) in [6.45, 7) is 4.13. The Morgan fingerprint density at radius 1 is 1.42 bits per heavy atom. The molecule has 26 heavy (non-hydrogen) atoms. The molecule has 0 aliphatic heterocycles. The topological polar surface area (TPSA) is 80.6 Å². The summed E-state index contributed by atoms with van der Waals surface area (Å²) in [5.74, 6) is 0.376. The molecule has 0 atom stereocenters. The summed E-state index contributed by atoms with van der Waals surface area (Å²) in [5, 5.41) is 1.31. The molecule has 4 rings (SSSR count). The fourth-order valence-electron chi connectivity index (χ4n) is 3.24. The van der Waals surface area contributed by atoms with Crippen LogP contribution in [0.2, 0.25) is 0 Å². The van der Waals surface area contributed by atoms with Crippen LogP contribution in [-0.2, 0) is 19.4 Å². The number of thioether (sulfide) groups is 1. The number of nitrogens with one attached hydrogen (secondary N) is 1. The van der Waals surface area contributed by atoms with Gasteiger partial charge in [0.25, 0.3) is 5.56 Å². The summed E-state index contributed by atoms with van der Waals surface area (Å²) >= 11 is 2.89. The van der Waals surface area contributed by atoms with Gasteiger partial charge < -0.3 is 4.98 Å². The van der Waals surface area contributed by atoms with Crippen LogP contribution in [0.1, 0.15) is 33.9 Å². The molecule has 3 aromatic heterocycles. The van der Waals surface area contributed by atoms with Crippen molar-refractivity contribution in [3.8, 4) is 0 Å². The number of fused-ring (bicyclic) bond motifs is 3. The molecule has 6 nitrogen and oxygen atoms in total. The molecule has 3 aromatic rings. The van der Waals surface area contributed by atoms with Gasteiger partial charge in [-0.25, -0.2) is 9.97 Å². The van der Waals surface area contributed by atoms with Crippen molar-refractivity contribution in [1.29, 1.82) is 0 Å². The second-order valence-electron chi connectivity index (χ2n) is 6.14. The van der Waals surface area contributed by atoms with E-state index in [1.54, 1.807) is 34.4 Å². The lowest BCUT2D eigenvalue weighted by Gasteiger charge is -2.12. The molecule has 0 amide bonds. The third-order valence-corrected chi connectivity index (χ3v) is 6.61. The van der Waals surface area contributed by atoms with Crippen LogP contribution in [-0.4, -0.2) is 31.1 Å². The Morgan fingerprint density at radius 2 is 2.27 bits per heavy atom. The highest BCUT2D eigenvalue weighted by atomic mass is 32.2. The predicted molar refractivity (Wildman–Crippen MR) is 104 cm³/mol. The molecule has 1 aliphatic carbocycles. The molecule has 1 aliphatic rings. The van der Waals surface area contributed by atoms with Gasteiger partial charge in [-0.1, -0.05) is 17.8 Å². The monoisotopic (exact) mass is 386 g/mol. The summed E-state index contributed by atoms with van der Waals surface area (Å²) in [6.07, 6.45) is 9.11. The van der Waals surface area contributed by atoms with Crippen molar-refractivity contribution < 1.29 is 4.79 Å². The Morgan fingerprint density at radius 3 is 3.04 bits per heavy atom. The van der Waals surface area contributed by atoms with E-state index >= 15 is 0 Å². The molecule has 0 fully saturated rings. The van der Waals surface area contributed by atoms with Crippen molar-refractivity contribution in [3.63, 3.8) is 0 Å². The zero-order valence-corrected chi connectivity index (χ0v) is 15.8. The Labute approximate surface area is 158 Å². The van der Waals surface area contributed by atoms with E-state index in [0.29, 0.717) is 17.5 Å². The van der Waals surface area contributed by atoms with Crippen LogP contribution >= 0.6 is 23.1 Å². The van der Waals surface area contributed by atoms with E-state index in [0.717, 1.165) is 29.5 Å². The Hall–Kier alpha value is -2.19. The highest BCUT2D eigenvalue weighted by molar-refractivity contribution is 7.99. The van der Waals surface area contributed by atoms with Crippen LogP contribution in [0, 0.1) is 0 Å². The minimum atomic E-state index is -0.120. The lowest BCUT2D eigenvalue weighted by molar-refractivity contribution is 0.101. The molecule has 0 radical (unpaired) electrons. The SMILES string of the molecule is C=CCn1c(SCC(=O)c2ncc[nH]2)nc2sc3c(c2c1=O)CCCC3. The molecule has 0 saturated carbocycles. The molecule has 0 saturated heterocycles. The van der Waals surface area contributed by atoms with Gasteiger partial charge in [0.2, 0.25) is 5.78 Å². The fourth-order valence-corrected chi connectivity index (χ4v) is 5.41. The fraction of sp³-hybridized carbons (Fsp3) is 0.333. The number of ketones is 1. The molecule has 0 bridgehead atoms. The standard InChI is InChI=1S/C18H18N4O2S2/c1-2-9-22-17(24)14-11-5-3-4-6-13(11)26-16(14)21-18(22)25-10-12(23)15-19-7-8-20-15/h2,7-8H,1,3-6,9-10H2,(H,19,20). The van der Waals surface area contributed by atoms with E-state index in [4.69, 9.17) is 4.98 Å². The summed E-state index contributed by atoms with van der Waals surface area (Å²) in [5.41, 5.74) is 1.15. The number of carbonyl (C=O) groups excluding carboxylic acids is 1. The van der Waals surface area contributed by atoms with Crippen LogP contribution in [0.25, 0.3) is 10.2 Å². The normalized spacial score (nSPS) is 13.7. The van der Waals surface area contributed by atoms with Gasteiger partial charge in [-0.3, -0.25) is 14.2 Å². The first-order valence-corrected chi connectivity index (χ1v) is 10.3. The minimum absolute atomic E-state index is 0.0257. The summed E-state index contributed by atoms with van der Waals surface area (Å²) < 4.78 is 1.62. The highest BCUT2D eigenvalue weighted by Gasteiger charge is 2.22. The molecular formula is C18H18N4O2S2. The number of nitrogens with zero attached hydrogens (tertiary/aromatic N) is 3. The van der Waals surface area contributed by atoms with E-state index in [9.17, 15) is 9.59 Å². The number of aromatic amines is 1. The molecule has 0 spiro atoms. The number of aromatic nitrogens is 4. The number of allylic oxidation sites excluding steroid dienone is 1. The largest absolute Gasteiger partial charge is 0.342 e. The second kappa shape index (κ2) is 7.20. The highest BCUT2D eigenvalue weighted by Crippen LogP contribution is 2.34. The third-order valence-electron chi connectivity index (χ3n) is 4.45. The van der Waals surface area contributed by atoms with E-state index in [1.165, 1.54) is 28.6 Å².